The molecule has 0 saturated carbocycles. The lowest BCUT2D eigenvalue weighted by Crippen LogP contribution is -2.30. The summed E-state index contributed by atoms with van der Waals surface area (Å²) in [4.78, 5) is 19.3. The van der Waals surface area contributed by atoms with Crippen molar-refractivity contribution in [2.75, 3.05) is 0 Å². The Morgan fingerprint density at radius 3 is 2.38 bits per heavy atom. The number of benzene rings is 1. The second-order valence-electron chi connectivity index (χ2n) is 3.42. The van der Waals surface area contributed by atoms with E-state index < -0.39 is 20.0 Å². The molecule has 4 N–H and O–H groups in total. The van der Waals surface area contributed by atoms with Crippen molar-refractivity contribution in [3.05, 3.63) is 29.8 Å². The van der Waals surface area contributed by atoms with Gasteiger partial charge in [-0.25, -0.2) is 0 Å². The van der Waals surface area contributed by atoms with Gasteiger partial charge in [0.1, 0.15) is 6.04 Å². The molecule has 1 rings (SSSR count). The van der Waals surface area contributed by atoms with Gasteiger partial charge in [-0.3, -0.25) is 4.79 Å². The molecule has 0 aliphatic rings. The van der Waals surface area contributed by atoms with E-state index in [0.29, 0.717) is 18.1 Å². The van der Waals surface area contributed by atoms with E-state index in [0.717, 1.165) is 5.56 Å². The molecule has 86 valence electrons. The zero-order valence-electron chi connectivity index (χ0n) is 8.54. The first kappa shape index (κ1) is 12.8. The maximum absolute atomic E-state index is 10.7. The summed E-state index contributed by atoms with van der Waals surface area (Å²) in [5, 5.41) is 8.94. The highest BCUT2D eigenvalue weighted by atomic mass is 31.1. The number of carboxylic acid groups (broad SMARTS) is 1. The molecule has 0 radical (unpaired) electrons. The third kappa shape index (κ3) is 3.70. The standard InChI is InChI=1S/C10H12NO4P/c11-9(10(12)13)6-3-7-1-4-8(5-2-7)16(14)15/h1-2,4-5,9H,3,6,11H2,(H-,12,13,14,15)/p+1. The van der Waals surface area contributed by atoms with Gasteiger partial charge in [0.25, 0.3) is 0 Å². The van der Waals surface area contributed by atoms with Gasteiger partial charge >= 0.3 is 14.0 Å². The molecule has 0 aromatic heterocycles. The van der Waals surface area contributed by atoms with Crippen LogP contribution in [0.2, 0.25) is 0 Å². The summed E-state index contributed by atoms with van der Waals surface area (Å²) in [6, 6.07) is 5.65. The molecule has 0 aliphatic heterocycles. The minimum atomic E-state index is -2.31. The summed E-state index contributed by atoms with van der Waals surface area (Å²) < 4.78 is 10.7. The number of carbonyl (C=O) groups is 1. The van der Waals surface area contributed by atoms with E-state index >= 15 is 0 Å². The third-order valence-electron chi connectivity index (χ3n) is 2.22. The van der Waals surface area contributed by atoms with Crippen LogP contribution >= 0.6 is 8.03 Å². The Bertz CT molecular complexity index is 390. The van der Waals surface area contributed by atoms with Crippen molar-refractivity contribution in [2.45, 2.75) is 18.9 Å². The average molecular weight is 242 g/mol. The molecule has 16 heavy (non-hydrogen) atoms. The van der Waals surface area contributed by atoms with Crippen LogP contribution in [0.25, 0.3) is 0 Å². The Morgan fingerprint density at radius 1 is 1.38 bits per heavy atom. The lowest BCUT2D eigenvalue weighted by Gasteiger charge is -2.05. The molecule has 0 fully saturated rings. The minimum Gasteiger partial charge on any atom is -0.480 e. The van der Waals surface area contributed by atoms with Gasteiger partial charge in [-0.15, -0.1) is 0 Å². The monoisotopic (exact) mass is 242 g/mol. The topological polar surface area (TPSA) is 101 Å². The van der Waals surface area contributed by atoms with E-state index in [1.165, 1.54) is 0 Å². The number of rotatable bonds is 5. The summed E-state index contributed by atoms with van der Waals surface area (Å²) in [7, 11) is -2.31. The van der Waals surface area contributed by atoms with E-state index in [1.807, 2.05) is 0 Å². The first-order valence-corrected chi connectivity index (χ1v) is 5.95. The molecule has 0 saturated heterocycles. The summed E-state index contributed by atoms with van der Waals surface area (Å²) >= 11 is 0. The molecule has 0 aliphatic carbocycles. The highest BCUT2D eigenvalue weighted by Gasteiger charge is 2.15. The Morgan fingerprint density at radius 2 is 1.94 bits per heavy atom. The fourth-order valence-corrected chi connectivity index (χ4v) is 1.64. The SMILES string of the molecule is NC(CCc1ccc([P+](=O)O)cc1)C(=O)O. The molecule has 5 nitrogen and oxygen atoms in total. The first-order valence-electron chi connectivity index (χ1n) is 4.74. The Hall–Kier alpha value is -1.29. The highest BCUT2D eigenvalue weighted by Crippen LogP contribution is 2.13. The predicted molar refractivity (Wildman–Crippen MR) is 59.8 cm³/mol. The van der Waals surface area contributed by atoms with Gasteiger partial charge in [0, 0.05) is 0 Å². The number of hydrogen-bond acceptors (Lipinski definition) is 3. The average Bonchev–Trinajstić information content (AvgIpc) is 2.26. The van der Waals surface area contributed by atoms with Crippen LogP contribution in [0.1, 0.15) is 12.0 Å². The van der Waals surface area contributed by atoms with Crippen molar-refractivity contribution in [3.63, 3.8) is 0 Å². The summed E-state index contributed by atoms with van der Waals surface area (Å²) in [6.07, 6.45) is 0.885. The molecule has 2 atom stereocenters. The lowest BCUT2D eigenvalue weighted by molar-refractivity contribution is -0.138. The van der Waals surface area contributed by atoms with Crippen LogP contribution in [0.3, 0.4) is 0 Å². The minimum absolute atomic E-state index is 0.347. The third-order valence-corrected chi connectivity index (χ3v) is 2.96. The normalized spacial score (nSPS) is 13.2. The lowest BCUT2D eigenvalue weighted by atomic mass is 10.1. The van der Waals surface area contributed by atoms with Crippen LogP contribution in [-0.2, 0) is 15.8 Å². The second-order valence-corrected chi connectivity index (χ2v) is 4.49. The number of hydrogen-bond donors (Lipinski definition) is 3. The van der Waals surface area contributed by atoms with Crippen molar-refractivity contribution < 1.29 is 19.4 Å². The van der Waals surface area contributed by atoms with Crippen LogP contribution < -0.4 is 11.0 Å². The molecule has 1 aromatic rings. The van der Waals surface area contributed by atoms with Crippen molar-refractivity contribution >= 4 is 19.3 Å². The zero-order valence-corrected chi connectivity index (χ0v) is 9.43. The Balaban J connectivity index is 2.56. The number of carboxylic acids is 1. The van der Waals surface area contributed by atoms with Gasteiger partial charge in [-0.05, 0) is 35.1 Å². The Labute approximate surface area is 93.8 Å². The second kappa shape index (κ2) is 5.70. The van der Waals surface area contributed by atoms with Gasteiger partial charge in [0.05, 0.1) is 0 Å². The van der Waals surface area contributed by atoms with E-state index in [2.05, 4.69) is 0 Å². The molecule has 2 unspecified atom stereocenters. The van der Waals surface area contributed by atoms with Crippen LogP contribution in [0, 0.1) is 0 Å². The van der Waals surface area contributed by atoms with Gasteiger partial charge in [-0.2, -0.15) is 4.89 Å². The van der Waals surface area contributed by atoms with Crippen molar-refractivity contribution in [2.24, 2.45) is 5.73 Å². The van der Waals surface area contributed by atoms with Gasteiger partial charge in [0.2, 0.25) is 5.30 Å². The fraction of sp³-hybridized carbons (Fsp3) is 0.300. The number of aryl methyl sites for hydroxylation is 1. The molecule has 0 amide bonds. The predicted octanol–water partition coefficient (Wildman–Crippen LogP) is 0.391. The zero-order chi connectivity index (χ0) is 12.1. The molecule has 1 aromatic carbocycles. The Kier molecular flexibility index (Phi) is 4.55. The van der Waals surface area contributed by atoms with E-state index in [1.54, 1.807) is 24.3 Å². The largest absolute Gasteiger partial charge is 0.546 e. The van der Waals surface area contributed by atoms with Crippen molar-refractivity contribution in [1.29, 1.82) is 0 Å². The van der Waals surface area contributed by atoms with Gasteiger partial charge < -0.3 is 10.8 Å². The fourth-order valence-electron chi connectivity index (χ4n) is 1.24. The van der Waals surface area contributed by atoms with E-state index in [9.17, 15) is 9.36 Å². The molecular formula is C10H13NO4P+. The maximum Gasteiger partial charge on any atom is 0.546 e. The van der Waals surface area contributed by atoms with E-state index in [-0.39, 0.29) is 0 Å². The molecule has 0 spiro atoms. The number of nitrogens with two attached hydrogens (primary N) is 1. The van der Waals surface area contributed by atoms with Gasteiger partial charge in [-0.1, -0.05) is 12.1 Å². The van der Waals surface area contributed by atoms with E-state index in [4.69, 9.17) is 15.7 Å². The molecular weight excluding hydrogens is 229 g/mol. The van der Waals surface area contributed by atoms with Crippen LogP contribution in [0.4, 0.5) is 0 Å². The van der Waals surface area contributed by atoms with Crippen LogP contribution in [0.5, 0.6) is 0 Å². The maximum atomic E-state index is 10.7. The van der Waals surface area contributed by atoms with Crippen LogP contribution in [0.15, 0.2) is 24.3 Å². The number of aliphatic carboxylic acids is 1. The highest BCUT2D eigenvalue weighted by molar-refractivity contribution is 7.47. The molecule has 6 heteroatoms. The summed E-state index contributed by atoms with van der Waals surface area (Å²) in [6.45, 7) is 0. The smallest absolute Gasteiger partial charge is 0.480 e. The quantitative estimate of drug-likeness (QED) is 0.648. The first-order chi connectivity index (χ1) is 7.50. The van der Waals surface area contributed by atoms with Crippen molar-refractivity contribution in [1.82, 2.24) is 0 Å². The molecule has 0 heterocycles. The molecule has 0 bridgehead atoms. The summed E-state index contributed by atoms with van der Waals surface area (Å²) in [5.41, 5.74) is 6.26. The van der Waals surface area contributed by atoms with Gasteiger partial charge in [0.15, 0.2) is 0 Å². The summed E-state index contributed by atoms with van der Waals surface area (Å²) in [5.74, 6) is -1.02. The van der Waals surface area contributed by atoms with Crippen LogP contribution in [-0.4, -0.2) is 22.0 Å². The van der Waals surface area contributed by atoms with Crippen molar-refractivity contribution in [3.8, 4) is 0 Å².